The van der Waals surface area contributed by atoms with E-state index in [1.807, 2.05) is 0 Å². The number of aliphatic hydroxyl groups is 1. The quantitative estimate of drug-likeness (QED) is 0.810. The van der Waals surface area contributed by atoms with Gasteiger partial charge >= 0.3 is 0 Å². The molecule has 3 nitrogen and oxygen atoms in total. The molecule has 0 heterocycles. The third-order valence-electron chi connectivity index (χ3n) is 1.74. The Labute approximate surface area is 91.3 Å². The third-order valence-corrected chi connectivity index (χ3v) is 2.14. The van der Waals surface area contributed by atoms with E-state index >= 15 is 0 Å². The van der Waals surface area contributed by atoms with Crippen molar-refractivity contribution >= 4 is 27.5 Å². The minimum atomic E-state index is -0.0152. The van der Waals surface area contributed by atoms with Crippen LogP contribution in [0.4, 0.5) is 5.69 Å². The predicted molar refractivity (Wildman–Crippen MR) is 59.4 cm³/mol. The van der Waals surface area contributed by atoms with Gasteiger partial charge in [0.1, 0.15) is 0 Å². The molecule has 1 aromatic rings. The van der Waals surface area contributed by atoms with Crippen LogP contribution in [0, 0.1) is 0 Å². The van der Waals surface area contributed by atoms with E-state index in [-0.39, 0.29) is 12.5 Å². The van der Waals surface area contributed by atoms with Crippen LogP contribution in [-0.4, -0.2) is 16.3 Å². The van der Waals surface area contributed by atoms with Gasteiger partial charge in [-0.2, -0.15) is 0 Å². The molecule has 0 saturated heterocycles. The lowest BCUT2D eigenvalue weighted by atomic mass is 10.2. The summed E-state index contributed by atoms with van der Waals surface area (Å²) in [5.74, 6) is -0.0152. The molecule has 0 aliphatic carbocycles. The van der Waals surface area contributed by atoms with Crippen LogP contribution in [0.1, 0.15) is 12.0 Å². The smallest absolute Gasteiger partial charge is 0.225 e. The molecule has 76 valence electrons. The number of hydrogen-bond acceptors (Lipinski definition) is 2. The van der Waals surface area contributed by atoms with Gasteiger partial charge in [0.2, 0.25) is 5.91 Å². The molecule has 0 aliphatic rings. The predicted octanol–water partition coefficient (Wildman–Crippen LogP) is 1.90. The standard InChI is InChI=1S/C10H12BrNO2/c11-6-5-10(14)12-9-3-1-8(7-13)2-4-9/h1-4,13H,5-7H2,(H,12,14). The largest absolute Gasteiger partial charge is 0.392 e. The van der Waals surface area contributed by atoms with Crippen LogP contribution in [0.15, 0.2) is 24.3 Å². The highest BCUT2D eigenvalue weighted by atomic mass is 79.9. The Balaban J connectivity index is 2.55. The second-order valence-electron chi connectivity index (χ2n) is 2.84. The van der Waals surface area contributed by atoms with E-state index in [0.29, 0.717) is 11.8 Å². The van der Waals surface area contributed by atoms with Gasteiger partial charge in [-0.15, -0.1) is 0 Å². The van der Waals surface area contributed by atoms with Crippen LogP contribution in [0.5, 0.6) is 0 Å². The number of carbonyl (C=O) groups is 1. The van der Waals surface area contributed by atoms with E-state index < -0.39 is 0 Å². The fourth-order valence-corrected chi connectivity index (χ4v) is 1.36. The van der Waals surface area contributed by atoms with Crippen molar-refractivity contribution in [3.63, 3.8) is 0 Å². The number of alkyl halides is 1. The third kappa shape index (κ3) is 3.47. The molecule has 0 unspecified atom stereocenters. The highest BCUT2D eigenvalue weighted by Crippen LogP contribution is 2.09. The van der Waals surface area contributed by atoms with Gasteiger partial charge in [0.15, 0.2) is 0 Å². The Bertz CT molecular complexity index is 297. The second-order valence-corrected chi connectivity index (χ2v) is 3.64. The molecular formula is C10H12BrNO2. The number of benzene rings is 1. The summed E-state index contributed by atoms with van der Waals surface area (Å²) in [6.45, 7) is 0.0234. The molecule has 0 bridgehead atoms. The van der Waals surface area contributed by atoms with Gasteiger partial charge in [-0.25, -0.2) is 0 Å². The van der Waals surface area contributed by atoms with Gasteiger partial charge in [-0.1, -0.05) is 28.1 Å². The van der Waals surface area contributed by atoms with Crippen molar-refractivity contribution in [2.45, 2.75) is 13.0 Å². The van der Waals surface area contributed by atoms with E-state index in [1.165, 1.54) is 0 Å². The first-order valence-corrected chi connectivity index (χ1v) is 5.44. The molecule has 14 heavy (non-hydrogen) atoms. The van der Waals surface area contributed by atoms with E-state index in [1.54, 1.807) is 24.3 Å². The van der Waals surface area contributed by atoms with E-state index in [4.69, 9.17) is 5.11 Å². The monoisotopic (exact) mass is 257 g/mol. The SMILES string of the molecule is O=C(CCBr)Nc1ccc(CO)cc1. The van der Waals surface area contributed by atoms with Gasteiger partial charge in [0, 0.05) is 17.4 Å². The second kappa shape index (κ2) is 5.78. The highest BCUT2D eigenvalue weighted by molar-refractivity contribution is 9.09. The lowest BCUT2D eigenvalue weighted by molar-refractivity contribution is -0.115. The van der Waals surface area contributed by atoms with Crippen LogP contribution in [0.25, 0.3) is 0 Å². The van der Waals surface area contributed by atoms with E-state index in [2.05, 4.69) is 21.2 Å². The summed E-state index contributed by atoms with van der Waals surface area (Å²) in [7, 11) is 0. The van der Waals surface area contributed by atoms with Crippen LogP contribution >= 0.6 is 15.9 Å². The fraction of sp³-hybridized carbons (Fsp3) is 0.300. The number of anilines is 1. The molecule has 0 atom stereocenters. The van der Waals surface area contributed by atoms with Crippen molar-refractivity contribution < 1.29 is 9.90 Å². The van der Waals surface area contributed by atoms with Crippen molar-refractivity contribution in [1.29, 1.82) is 0 Å². The van der Waals surface area contributed by atoms with Gasteiger partial charge in [0.25, 0.3) is 0 Å². The summed E-state index contributed by atoms with van der Waals surface area (Å²) in [6.07, 6.45) is 0.460. The summed E-state index contributed by atoms with van der Waals surface area (Å²) in [5.41, 5.74) is 1.59. The van der Waals surface area contributed by atoms with Crippen molar-refractivity contribution in [3.05, 3.63) is 29.8 Å². The molecule has 0 spiro atoms. The number of rotatable bonds is 4. The van der Waals surface area contributed by atoms with E-state index in [0.717, 1.165) is 11.3 Å². The first kappa shape index (κ1) is 11.2. The average molecular weight is 258 g/mol. The zero-order valence-corrected chi connectivity index (χ0v) is 9.25. The minimum Gasteiger partial charge on any atom is -0.392 e. The minimum absolute atomic E-state index is 0.0152. The summed E-state index contributed by atoms with van der Waals surface area (Å²) >= 11 is 3.19. The molecule has 4 heteroatoms. The summed E-state index contributed by atoms with van der Waals surface area (Å²) < 4.78 is 0. The zero-order valence-electron chi connectivity index (χ0n) is 7.66. The molecular weight excluding hydrogens is 246 g/mol. The first-order chi connectivity index (χ1) is 6.76. The van der Waals surface area contributed by atoms with Crippen molar-refractivity contribution in [3.8, 4) is 0 Å². The molecule has 0 aliphatic heterocycles. The van der Waals surface area contributed by atoms with Crippen molar-refractivity contribution in [2.24, 2.45) is 0 Å². The Hall–Kier alpha value is -0.870. The van der Waals surface area contributed by atoms with Gasteiger partial charge in [0.05, 0.1) is 6.61 Å². The number of hydrogen-bond donors (Lipinski definition) is 2. The molecule has 1 rings (SSSR count). The van der Waals surface area contributed by atoms with Crippen LogP contribution in [-0.2, 0) is 11.4 Å². The molecule has 0 aromatic heterocycles. The van der Waals surface area contributed by atoms with Gasteiger partial charge in [-0.3, -0.25) is 4.79 Å². The lowest BCUT2D eigenvalue weighted by Crippen LogP contribution is -2.11. The molecule has 1 amide bonds. The topological polar surface area (TPSA) is 49.3 Å². The van der Waals surface area contributed by atoms with Gasteiger partial charge < -0.3 is 10.4 Å². The van der Waals surface area contributed by atoms with Crippen molar-refractivity contribution in [1.82, 2.24) is 0 Å². The van der Waals surface area contributed by atoms with Crippen LogP contribution < -0.4 is 5.32 Å². The van der Waals surface area contributed by atoms with E-state index in [9.17, 15) is 4.79 Å². The summed E-state index contributed by atoms with van der Waals surface area (Å²) in [4.78, 5) is 11.2. The Morgan fingerprint density at radius 1 is 1.36 bits per heavy atom. The summed E-state index contributed by atoms with van der Waals surface area (Å²) in [6, 6.07) is 7.11. The Morgan fingerprint density at radius 2 is 2.00 bits per heavy atom. The number of nitrogens with one attached hydrogen (secondary N) is 1. The van der Waals surface area contributed by atoms with Crippen molar-refractivity contribution in [2.75, 3.05) is 10.6 Å². The normalized spacial score (nSPS) is 9.86. The molecule has 0 fully saturated rings. The zero-order chi connectivity index (χ0) is 10.4. The molecule has 1 aromatic carbocycles. The number of aliphatic hydroxyl groups excluding tert-OH is 1. The Kier molecular flexibility index (Phi) is 4.62. The maximum absolute atomic E-state index is 11.2. The number of amides is 1. The van der Waals surface area contributed by atoms with Crippen LogP contribution in [0.3, 0.4) is 0 Å². The lowest BCUT2D eigenvalue weighted by Gasteiger charge is -2.04. The Morgan fingerprint density at radius 3 is 2.50 bits per heavy atom. The number of halogens is 1. The van der Waals surface area contributed by atoms with Gasteiger partial charge in [-0.05, 0) is 17.7 Å². The average Bonchev–Trinajstić information content (AvgIpc) is 2.19. The molecule has 2 N–H and O–H groups in total. The van der Waals surface area contributed by atoms with Crippen LogP contribution in [0.2, 0.25) is 0 Å². The molecule has 0 radical (unpaired) electrons. The highest BCUT2D eigenvalue weighted by Gasteiger charge is 2.00. The molecule has 0 saturated carbocycles. The maximum Gasteiger partial charge on any atom is 0.225 e. The summed E-state index contributed by atoms with van der Waals surface area (Å²) in [5, 5.41) is 12.2. The maximum atomic E-state index is 11.2. The first-order valence-electron chi connectivity index (χ1n) is 4.32. The fourth-order valence-electron chi connectivity index (χ4n) is 1.00. The number of carbonyl (C=O) groups excluding carboxylic acids is 1.